The number of aryl methyl sites for hydroxylation is 2. The molecule has 0 aliphatic heterocycles. The molecule has 1 N–H and O–H groups in total. The SMILES string of the molecule is CCOC(=O)c1c(NC(=O)CS(=O)(=O)c2nnc(-c3ccccc3C)o2)sc2c1CCC2. The van der Waals surface area contributed by atoms with Gasteiger partial charge in [0.05, 0.1) is 12.2 Å². The highest BCUT2D eigenvalue weighted by Gasteiger charge is 2.31. The molecule has 9 nitrogen and oxygen atoms in total. The quantitative estimate of drug-likeness (QED) is 0.516. The third-order valence-electron chi connectivity index (χ3n) is 5.02. The van der Waals surface area contributed by atoms with E-state index in [0.29, 0.717) is 16.1 Å². The smallest absolute Gasteiger partial charge is 0.341 e. The summed E-state index contributed by atoms with van der Waals surface area (Å²) in [4.78, 5) is 26.0. The van der Waals surface area contributed by atoms with Gasteiger partial charge in [-0.2, -0.15) is 0 Å². The first-order valence-electron chi connectivity index (χ1n) is 10.0. The van der Waals surface area contributed by atoms with E-state index in [2.05, 4.69) is 15.5 Å². The highest BCUT2D eigenvalue weighted by molar-refractivity contribution is 7.91. The number of thiophene rings is 1. The molecular weight excluding hydrogens is 454 g/mol. The lowest BCUT2D eigenvalue weighted by Crippen LogP contribution is -2.24. The summed E-state index contributed by atoms with van der Waals surface area (Å²) >= 11 is 1.28. The molecule has 0 bridgehead atoms. The van der Waals surface area contributed by atoms with Crippen LogP contribution in [0.2, 0.25) is 0 Å². The van der Waals surface area contributed by atoms with Crippen molar-refractivity contribution in [2.45, 2.75) is 38.3 Å². The number of nitrogens with zero attached hydrogens (tertiary/aromatic N) is 2. The predicted molar refractivity (Wildman–Crippen MR) is 117 cm³/mol. The maximum Gasteiger partial charge on any atom is 0.341 e. The van der Waals surface area contributed by atoms with Crippen molar-refractivity contribution in [3.63, 3.8) is 0 Å². The average molecular weight is 476 g/mol. The van der Waals surface area contributed by atoms with Gasteiger partial charge in [-0.05, 0) is 50.3 Å². The molecule has 32 heavy (non-hydrogen) atoms. The predicted octanol–water partition coefficient (Wildman–Crippen LogP) is 3.18. The minimum absolute atomic E-state index is 0.0568. The van der Waals surface area contributed by atoms with E-state index in [0.717, 1.165) is 35.3 Å². The summed E-state index contributed by atoms with van der Waals surface area (Å²) in [6.45, 7) is 3.73. The van der Waals surface area contributed by atoms with E-state index >= 15 is 0 Å². The van der Waals surface area contributed by atoms with Crippen LogP contribution in [0.3, 0.4) is 0 Å². The molecule has 0 unspecified atom stereocenters. The Bertz CT molecular complexity index is 1290. The lowest BCUT2D eigenvalue weighted by molar-refractivity contribution is -0.113. The van der Waals surface area contributed by atoms with Crippen LogP contribution in [0.15, 0.2) is 33.9 Å². The van der Waals surface area contributed by atoms with Crippen LogP contribution >= 0.6 is 11.3 Å². The number of hydrogen-bond donors (Lipinski definition) is 1. The van der Waals surface area contributed by atoms with E-state index in [1.54, 1.807) is 19.1 Å². The fourth-order valence-electron chi connectivity index (χ4n) is 3.57. The van der Waals surface area contributed by atoms with E-state index < -0.39 is 32.7 Å². The van der Waals surface area contributed by atoms with Crippen molar-refractivity contribution >= 4 is 38.1 Å². The minimum atomic E-state index is -4.18. The van der Waals surface area contributed by atoms with Gasteiger partial charge in [0.25, 0.3) is 0 Å². The molecule has 1 aliphatic carbocycles. The molecule has 11 heteroatoms. The summed E-state index contributed by atoms with van der Waals surface area (Å²) in [5.41, 5.74) is 2.63. The number of ether oxygens (including phenoxy) is 1. The normalized spacial score (nSPS) is 13.1. The number of esters is 1. The number of sulfone groups is 1. The lowest BCUT2D eigenvalue weighted by Gasteiger charge is -2.07. The Morgan fingerprint density at radius 3 is 2.75 bits per heavy atom. The number of hydrogen-bond acceptors (Lipinski definition) is 9. The molecule has 168 valence electrons. The van der Waals surface area contributed by atoms with E-state index in [1.807, 2.05) is 19.1 Å². The molecule has 1 aromatic carbocycles. The molecule has 0 saturated carbocycles. The Morgan fingerprint density at radius 1 is 1.22 bits per heavy atom. The first-order chi connectivity index (χ1) is 15.3. The summed E-state index contributed by atoms with van der Waals surface area (Å²) in [7, 11) is -4.18. The molecule has 2 heterocycles. The van der Waals surface area contributed by atoms with Gasteiger partial charge in [0.15, 0.2) is 0 Å². The monoisotopic (exact) mass is 475 g/mol. The van der Waals surface area contributed by atoms with Gasteiger partial charge in [-0.3, -0.25) is 4.79 Å². The number of amides is 1. The van der Waals surface area contributed by atoms with E-state index in [9.17, 15) is 18.0 Å². The fraction of sp³-hybridized carbons (Fsp3) is 0.333. The molecule has 3 aromatic rings. The fourth-order valence-corrected chi connectivity index (χ4v) is 5.77. The molecular formula is C21H21N3O6S2. The van der Waals surface area contributed by atoms with Crippen LogP contribution in [0.25, 0.3) is 11.5 Å². The highest BCUT2D eigenvalue weighted by atomic mass is 32.2. The number of aromatic nitrogens is 2. The van der Waals surface area contributed by atoms with Crippen molar-refractivity contribution in [1.29, 1.82) is 0 Å². The second-order valence-electron chi connectivity index (χ2n) is 7.28. The number of rotatable bonds is 7. The highest BCUT2D eigenvalue weighted by Crippen LogP contribution is 2.39. The van der Waals surface area contributed by atoms with Crippen molar-refractivity contribution < 1.29 is 27.2 Å². The molecule has 0 saturated heterocycles. The van der Waals surface area contributed by atoms with Crippen molar-refractivity contribution in [2.75, 3.05) is 17.7 Å². The number of carbonyl (C=O) groups is 2. The van der Waals surface area contributed by atoms with Crippen molar-refractivity contribution in [3.05, 3.63) is 45.8 Å². The summed E-state index contributed by atoms with van der Waals surface area (Å²) in [6, 6.07) is 7.18. The van der Waals surface area contributed by atoms with E-state index in [-0.39, 0.29) is 12.5 Å². The van der Waals surface area contributed by atoms with Crippen LogP contribution in [-0.2, 0) is 32.2 Å². The Kier molecular flexibility index (Phi) is 6.11. The topological polar surface area (TPSA) is 128 Å². The van der Waals surface area contributed by atoms with Crippen LogP contribution in [0, 0.1) is 6.92 Å². The third kappa shape index (κ3) is 4.30. The molecule has 0 spiro atoms. The molecule has 0 atom stereocenters. The zero-order valence-electron chi connectivity index (χ0n) is 17.5. The standard InChI is InChI=1S/C21H21N3O6S2/c1-3-29-20(26)17-14-9-6-10-15(14)31-19(17)22-16(25)11-32(27,28)21-24-23-18(30-21)13-8-5-4-7-12(13)2/h4-5,7-8H,3,6,9-11H2,1-2H3,(H,22,25). The number of benzene rings is 1. The Morgan fingerprint density at radius 2 is 2.00 bits per heavy atom. The molecule has 1 aliphatic rings. The van der Waals surface area contributed by atoms with Gasteiger partial charge in [0.2, 0.25) is 21.6 Å². The van der Waals surface area contributed by atoms with Crippen LogP contribution in [-0.4, -0.2) is 42.9 Å². The molecule has 2 aromatic heterocycles. The first kappa shape index (κ1) is 22.2. The Labute approximate surface area is 188 Å². The number of anilines is 1. The number of fused-ring (bicyclic) bond motifs is 1. The zero-order valence-corrected chi connectivity index (χ0v) is 19.1. The van der Waals surface area contributed by atoms with Gasteiger partial charge < -0.3 is 14.5 Å². The van der Waals surface area contributed by atoms with Crippen molar-refractivity contribution in [3.8, 4) is 11.5 Å². The van der Waals surface area contributed by atoms with Gasteiger partial charge in [-0.1, -0.05) is 23.3 Å². The van der Waals surface area contributed by atoms with Gasteiger partial charge >= 0.3 is 11.2 Å². The summed E-state index contributed by atoms with van der Waals surface area (Å²) < 4.78 is 35.8. The van der Waals surface area contributed by atoms with Crippen LogP contribution in [0.4, 0.5) is 5.00 Å². The lowest BCUT2D eigenvalue weighted by atomic mass is 10.1. The number of nitrogens with one attached hydrogen (secondary N) is 1. The summed E-state index contributed by atoms with van der Waals surface area (Å²) in [5, 5.41) is 9.66. The zero-order chi connectivity index (χ0) is 22.9. The number of carbonyl (C=O) groups excluding carboxylic acids is 2. The van der Waals surface area contributed by atoms with Gasteiger partial charge in [-0.15, -0.1) is 16.4 Å². The molecule has 1 amide bonds. The van der Waals surface area contributed by atoms with Crippen LogP contribution in [0.5, 0.6) is 0 Å². The first-order valence-corrected chi connectivity index (χ1v) is 12.5. The third-order valence-corrected chi connectivity index (χ3v) is 7.57. The second-order valence-corrected chi connectivity index (χ2v) is 10.2. The molecule has 0 radical (unpaired) electrons. The Hall–Kier alpha value is -3.05. The Balaban J connectivity index is 1.53. The summed E-state index contributed by atoms with van der Waals surface area (Å²) in [6.07, 6.45) is 2.46. The second kappa shape index (κ2) is 8.83. The maximum absolute atomic E-state index is 12.7. The van der Waals surface area contributed by atoms with Gasteiger partial charge in [0, 0.05) is 10.4 Å². The van der Waals surface area contributed by atoms with E-state index in [1.165, 1.54) is 11.3 Å². The minimum Gasteiger partial charge on any atom is -0.462 e. The van der Waals surface area contributed by atoms with Crippen LogP contribution < -0.4 is 5.32 Å². The largest absolute Gasteiger partial charge is 0.462 e. The molecule has 0 fully saturated rings. The van der Waals surface area contributed by atoms with Crippen LogP contribution in [0.1, 0.15) is 39.7 Å². The summed E-state index contributed by atoms with van der Waals surface area (Å²) in [5.74, 6) is -2.16. The maximum atomic E-state index is 12.7. The average Bonchev–Trinajstić information content (AvgIpc) is 3.44. The van der Waals surface area contributed by atoms with Crippen molar-refractivity contribution in [1.82, 2.24) is 10.2 Å². The van der Waals surface area contributed by atoms with Crippen molar-refractivity contribution in [2.24, 2.45) is 0 Å². The van der Waals surface area contributed by atoms with Gasteiger partial charge in [0.1, 0.15) is 10.8 Å². The van der Waals surface area contributed by atoms with Gasteiger partial charge in [-0.25, -0.2) is 13.2 Å². The molecule has 4 rings (SSSR count). The van der Waals surface area contributed by atoms with E-state index in [4.69, 9.17) is 9.15 Å².